The van der Waals surface area contributed by atoms with E-state index in [-0.39, 0.29) is 23.1 Å². The van der Waals surface area contributed by atoms with Gasteiger partial charge in [0.15, 0.2) is 5.70 Å². The monoisotopic (exact) mass is 412 g/mol. The van der Waals surface area contributed by atoms with Crippen molar-refractivity contribution < 1.29 is 24.2 Å². The van der Waals surface area contributed by atoms with Gasteiger partial charge in [-0.15, -0.1) is 10.2 Å². The Hall–Kier alpha value is -3.88. The minimum Gasteiger partial charge on any atom is -0.510 e. The molecule has 0 spiro atoms. The molecule has 0 radical (unpaired) electrons. The number of carbonyl (C=O) groups is 2. The van der Waals surface area contributed by atoms with Crippen LogP contribution in [0, 0.1) is 0 Å². The van der Waals surface area contributed by atoms with Crippen LogP contribution in [0.1, 0.15) is 31.1 Å². The van der Waals surface area contributed by atoms with E-state index in [4.69, 9.17) is 15.2 Å². The number of hydrogen-bond donors (Lipinski definition) is 3. The Kier molecular flexibility index (Phi) is 7.92. The fourth-order valence-electron chi connectivity index (χ4n) is 2.46. The van der Waals surface area contributed by atoms with Crippen LogP contribution in [0.3, 0.4) is 0 Å². The van der Waals surface area contributed by atoms with Crippen molar-refractivity contribution in [1.82, 2.24) is 0 Å². The highest BCUT2D eigenvalue weighted by atomic mass is 16.5. The van der Waals surface area contributed by atoms with E-state index in [0.717, 1.165) is 0 Å². The highest BCUT2D eigenvalue weighted by Gasteiger charge is 2.16. The van der Waals surface area contributed by atoms with Crippen LogP contribution < -0.4 is 20.5 Å². The number of nitrogens with two attached hydrogens (primary N) is 1. The molecule has 2 aromatic rings. The SMILES string of the molecule is CCOc1cc(NC(=O)c2ccccc2)c(OCC)cc1N=NC(C(N)=O)=C(C)O. The van der Waals surface area contributed by atoms with Crippen molar-refractivity contribution in [2.75, 3.05) is 18.5 Å². The van der Waals surface area contributed by atoms with Crippen molar-refractivity contribution in [2.45, 2.75) is 20.8 Å². The van der Waals surface area contributed by atoms with E-state index >= 15 is 0 Å². The number of anilines is 1. The second-order valence-electron chi connectivity index (χ2n) is 6.00. The topological polar surface area (TPSA) is 136 Å². The largest absolute Gasteiger partial charge is 0.510 e. The van der Waals surface area contributed by atoms with Gasteiger partial charge in [0.2, 0.25) is 0 Å². The predicted octanol–water partition coefficient (Wildman–Crippen LogP) is 4.09. The molecule has 158 valence electrons. The molecule has 0 aromatic heterocycles. The minimum atomic E-state index is -0.923. The summed E-state index contributed by atoms with van der Waals surface area (Å²) in [6.45, 7) is 5.51. The lowest BCUT2D eigenvalue weighted by atomic mass is 10.2. The predicted molar refractivity (Wildman–Crippen MR) is 112 cm³/mol. The number of carbonyl (C=O) groups excluding carboxylic acids is 2. The first kappa shape index (κ1) is 22.4. The Morgan fingerprint density at radius 3 is 2.27 bits per heavy atom. The first-order chi connectivity index (χ1) is 14.4. The summed E-state index contributed by atoms with van der Waals surface area (Å²) in [4.78, 5) is 24.0. The average molecular weight is 412 g/mol. The van der Waals surface area contributed by atoms with Crippen LogP contribution >= 0.6 is 0 Å². The maximum absolute atomic E-state index is 12.6. The van der Waals surface area contributed by atoms with Crippen molar-refractivity contribution in [3.05, 3.63) is 59.5 Å². The van der Waals surface area contributed by atoms with E-state index in [9.17, 15) is 14.7 Å². The van der Waals surface area contributed by atoms with Crippen LogP contribution in [-0.4, -0.2) is 30.1 Å². The molecule has 0 aliphatic rings. The molecule has 2 amide bonds. The minimum absolute atomic E-state index is 0.234. The molecule has 0 fully saturated rings. The number of hydrogen-bond acceptors (Lipinski definition) is 7. The highest BCUT2D eigenvalue weighted by Crippen LogP contribution is 2.39. The maximum atomic E-state index is 12.6. The fourth-order valence-corrected chi connectivity index (χ4v) is 2.46. The lowest BCUT2D eigenvalue weighted by molar-refractivity contribution is -0.114. The molecule has 0 aliphatic carbocycles. The maximum Gasteiger partial charge on any atom is 0.272 e. The molecule has 2 rings (SSSR count). The summed E-state index contributed by atoms with van der Waals surface area (Å²) in [5.74, 6) is -0.963. The zero-order valence-corrected chi connectivity index (χ0v) is 17.0. The molecule has 0 heterocycles. The molecule has 0 unspecified atom stereocenters. The molecule has 30 heavy (non-hydrogen) atoms. The van der Waals surface area contributed by atoms with Gasteiger partial charge in [0, 0.05) is 17.7 Å². The van der Waals surface area contributed by atoms with Gasteiger partial charge >= 0.3 is 0 Å². The average Bonchev–Trinajstić information content (AvgIpc) is 2.71. The van der Waals surface area contributed by atoms with Crippen LogP contribution in [0.5, 0.6) is 11.5 Å². The van der Waals surface area contributed by atoms with Crippen LogP contribution in [0.4, 0.5) is 11.4 Å². The summed E-state index contributed by atoms with van der Waals surface area (Å²) in [7, 11) is 0. The van der Waals surface area contributed by atoms with Gasteiger partial charge in [0.05, 0.1) is 18.9 Å². The lowest BCUT2D eigenvalue weighted by Crippen LogP contribution is -2.14. The molecule has 0 saturated carbocycles. The van der Waals surface area contributed by atoms with Gasteiger partial charge < -0.3 is 25.6 Å². The Labute approximate surface area is 174 Å². The van der Waals surface area contributed by atoms with E-state index in [1.165, 1.54) is 13.0 Å². The van der Waals surface area contributed by atoms with E-state index < -0.39 is 5.91 Å². The second-order valence-corrected chi connectivity index (χ2v) is 6.00. The van der Waals surface area contributed by atoms with E-state index in [1.807, 2.05) is 6.07 Å². The van der Waals surface area contributed by atoms with Crippen molar-refractivity contribution in [3.8, 4) is 11.5 Å². The number of benzene rings is 2. The third kappa shape index (κ3) is 5.81. The number of nitrogens with zero attached hydrogens (tertiary/aromatic N) is 2. The van der Waals surface area contributed by atoms with E-state index in [1.54, 1.807) is 44.2 Å². The Bertz CT molecular complexity index is 967. The number of amides is 2. The van der Waals surface area contributed by atoms with Crippen molar-refractivity contribution >= 4 is 23.2 Å². The molecule has 0 atom stereocenters. The van der Waals surface area contributed by atoms with E-state index in [2.05, 4.69) is 15.5 Å². The zero-order chi connectivity index (χ0) is 22.1. The Balaban J connectivity index is 2.47. The van der Waals surface area contributed by atoms with Crippen LogP contribution in [0.25, 0.3) is 0 Å². The van der Waals surface area contributed by atoms with Crippen LogP contribution in [-0.2, 0) is 4.79 Å². The van der Waals surface area contributed by atoms with Gasteiger partial charge in [-0.05, 0) is 32.9 Å². The van der Waals surface area contributed by atoms with Gasteiger partial charge in [-0.2, -0.15) is 0 Å². The number of rotatable bonds is 9. The number of allylic oxidation sites excluding steroid dienone is 1. The summed E-state index contributed by atoms with van der Waals surface area (Å²) in [5, 5.41) is 20.1. The fraction of sp³-hybridized carbons (Fsp3) is 0.238. The summed E-state index contributed by atoms with van der Waals surface area (Å²) in [5.41, 5.74) is 5.92. The summed E-state index contributed by atoms with van der Waals surface area (Å²) >= 11 is 0. The van der Waals surface area contributed by atoms with Crippen LogP contribution in [0.2, 0.25) is 0 Å². The smallest absolute Gasteiger partial charge is 0.272 e. The molecule has 9 nitrogen and oxygen atoms in total. The molecular formula is C21H24N4O5. The third-order valence-corrected chi connectivity index (χ3v) is 3.78. The molecule has 2 aromatic carbocycles. The number of aliphatic hydroxyl groups is 1. The standard InChI is InChI=1S/C21H24N4O5/c1-4-29-17-12-16(24-25-19(13(3)26)20(22)27)18(30-5-2)11-15(17)23-21(28)14-9-7-6-8-10-14/h6-12,26H,4-5H2,1-3H3,(H2,22,27)(H,23,28). The molecule has 0 bridgehead atoms. The van der Waals surface area contributed by atoms with Gasteiger partial charge in [0.1, 0.15) is 22.9 Å². The number of aliphatic hydroxyl groups excluding tert-OH is 1. The number of ether oxygens (including phenoxy) is 2. The molecule has 4 N–H and O–H groups in total. The summed E-state index contributed by atoms with van der Waals surface area (Å²) < 4.78 is 11.2. The second kappa shape index (κ2) is 10.6. The van der Waals surface area contributed by atoms with Gasteiger partial charge in [-0.25, -0.2) is 0 Å². The van der Waals surface area contributed by atoms with Crippen molar-refractivity contribution in [2.24, 2.45) is 16.0 Å². The molecular weight excluding hydrogens is 388 g/mol. The van der Waals surface area contributed by atoms with Crippen LogP contribution in [0.15, 0.2) is 64.1 Å². The molecule has 0 saturated heterocycles. The number of primary amides is 1. The summed E-state index contributed by atoms with van der Waals surface area (Å²) in [6.07, 6.45) is 0. The first-order valence-corrected chi connectivity index (χ1v) is 9.28. The van der Waals surface area contributed by atoms with E-state index in [0.29, 0.717) is 36.0 Å². The third-order valence-electron chi connectivity index (χ3n) is 3.78. The highest BCUT2D eigenvalue weighted by molar-refractivity contribution is 6.05. The van der Waals surface area contributed by atoms with Gasteiger partial charge in [-0.3, -0.25) is 9.59 Å². The van der Waals surface area contributed by atoms with Crippen molar-refractivity contribution in [3.63, 3.8) is 0 Å². The Morgan fingerprint density at radius 1 is 1.07 bits per heavy atom. The quantitative estimate of drug-likeness (QED) is 0.324. The zero-order valence-electron chi connectivity index (χ0n) is 17.0. The normalized spacial score (nSPS) is 11.7. The number of nitrogens with one attached hydrogen (secondary N) is 1. The first-order valence-electron chi connectivity index (χ1n) is 9.28. The van der Waals surface area contributed by atoms with Gasteiger partial charge in [-0.1, -0.05) is 18.2 Å². The van der Waals surface area contributed by atoms with Crippen molar-refractivity contribution in [1.29, 1.82) is 0 Å². The Morgan fingerprint density at radius 2 is 1.70 bits per heavy atom. The summed E-state index contributed by atoms with van der Waals surface area (Å²) in [6, 6.07) is 11.8. The number of azo groups is 1. The molecule has 9 heteroatoms. The van der Waals surface area contributed by atoms with Gasteiger partial charge in [0.25, 0.3) is 11.8 Å². The molecule has 0 aliphatic heterocycles. The lowest BCUT2D eigenvalue weighted by Gasteiger charge is -2.15.